The third-order valence-corrected chi connectivity index (χ3v) is 5.21. The Labute approximate surface area is 171 Å². The molecule has 0 saturated carbocycles. The molecule has 4 rings (SSSR count). The lowest BCUT2D eigenvalue weighted by Crippen LogP contribution is -2.28. The van der Waals surface area contributed by atoms with Gasteiger partial charge in [0, 0.05) is 49.0 Å². The molecule has 0 aliphatic rings. The molecular weight excluding hydrogens is 358 g/mol. The van der Waals surface area contributed by atoms with E-state index in [2.05, 4.69) is 39.5 Å². The molecule has 4 nitrogen and oxygen atoms in total. The van der Waals surface area contributed by atoms with Crippen LogP contribution >= 0.6 is 0 Å². The second-order valence-electron chi connectivity index (χ2n) is 7.40. The van der Waals surface area contributed by atoms with Crippen LogP contribution in [-0.2, 0) is 6.54 Å². The van der Waals surface area contributed by atoms with Crippen molar-refractivity contribution in [3.63, 3.8) is 0 Å². The van der Waals surface area contributed by atoms with Gasteiger partial charge in [-0.05, 0) is 29.3 Å². The Hall–Kier alpha value is -3.37. The van der Waals surface area contributed by atoms with Gasteiger partial charge >= 0.3 is 0 Å². The summed E-state index contributed by atoms with van der Waals surface area (Å²) in [6.07, 6.45) is 1.82. The van der Waals surface area contributed by atoms with Gasteiger partial charge in [0.2, 0.25) is 0 Å². The Morgan fingerprint density at radius 2 is 1.62 bits per heavy atom. The predicted molar refractivity (Wildman–Crippen MR) is 119 cm³/mol. The van der Waals surface area contributed by atoms with E-state index in [-0.39, 0.29) is 5.78 Å². The third kappa shape index (κ3) is 4.08. The first-order chi connectivity index (χ1) is 14.1. The van der Waals surface area contributed by atoms with E-state index in [1.54, 1.807) is 0 Å². The topological polar surface area (TPSA) is 48.1 Å². The van der Waals surface area contributed by atoms with Crippen molar-refractivity contribution in [2.24, 2.45) is 0 Å². The number of benzene rings is 3. The molecule has 1 aromatic heterocycles. The van der Waals surface area contributed by atoms with E-state index in [1.165, 1.54) is 0 Å². The first kappa shape index (κ1) is 19.0. The fraction of sp³-hybridized carbons (Fsp3) is 0.160. The zero-order chi connectivity index (χ0) is 20.2. The number of para-hydroxylation sites is 1. The van der Waals surface area contributed by atoms with Gasteiger partial charge in [-0.15, -0.1) is 0 Å². The molecule has 0 fully saturated rings. The quantitative estimate of drug-likeness (QED) is 0.444. The number of fused-ring (bicyclic) bond motifs is 1. The van der Waals surface area contributed by atoms with Gasteiger partial charge in [-0.1, -0.05) is 60.7 Å². The monoisotopic (exact) mass is 383 g/mol. The third-order valence-electron chi connectivity index (χ3n) is 5.21. The Morgan fingerprint density at radius 1 is 0.931 bits per heavy atom. The summed E-state index contributed by atoms with van der Waals surface area (Å²) in [7, 11) is 4.05. The van der Waals surface area contributed by atoms with Gasteiger partial charge < -0.3 is 9.88 Å². The van der Waals surface area contributed by atoms with Crippen LogP contribution in [0, 0.1) is 0 Å². The van der Waals surface area contributed by atoms with Crippen molar-refractivity contribution < 1.29 is 4.79 Å². The molecule has 146 valence electrons. The predicted octanol–water partition coefficient (Wildman–Crippen LogP) is 4.95. The van der Waals surface area contributed by atoms with E-state index in [9.17, 15) is 4.79 Å². The summed E-state index contributed by atoms with van der Waals surface area (Å²) in [5.41, 5.74) is 4.95. The van der Waals surface area contributed by atoms with Crippen molar-refractivity contribution in [2.75, 3.05) is 19.0 Å². The molecule has 4 aromatic rings. The van der Waals surface area contributed by atoms with Gasteiger partial charge in [-0.2, -0.15) is 0 Å². The molecule has 1 heterocycles. The molecule has 0 aliphatic heterocycles. The summed E-state index contributed by atoms with van der Waals surface area (Å²) >= 11 is 0. The summed E-state index contributed by atoms with van der Waals surface area (Å²) in [6, 6.07) is 25.8. The van der Waals surface area contributed by atoms with Crippen LogP contribution in [0.3, 0.4) is 0 Å². The number of rotatable bonds is 7. The number of nitrogens with zero attached hydrogens (tertiary/aromatic N) is 1. The lowest BCUT2D eigenvalue weighted by molar-refractivity contribution is 0.0943. The SMILES string of the molecule is CN(C)c1ccc(CN[C@H](C(=O)c2c[nH]c3ccccc23)c2ccccc2)cc1. The number of carbonyl (C=O) groups is 1. The minimum absolute atomic E-state index is 0.0681. The first-order valence-corrected chi connectivity index (χ1v) is 9.78. The molecular formula is C25H25N3O. The minimum Gasteiger partial charge on any atom is -0.378 e. The number of carbonyl (C=O) groups excluding carboxylic acids is 1. The van der Waals surface area contributed by atoms with Crippen molar-refractivity contribution in [1.82, 2.24) is 10.3 Å². The van der Waals surface area contributed by atoms with Crippen molar-refractivity contribution in [2.45, 2.75) is 12.6 Å². The Morgan fingerprint density at radius 3 is 2.34 bits per heavy atom. The molecule has 0 unspecified atom stereocenters. The van der Waals surface area contributed by atoms with Crippen molar-refractivity contribution in [1.29, 1.82) is 0 Å². The first-order valence-electron chi connectivity index (χ1n) is 9.78. The fourth-order valence-electron chi connectivity index (χ4n) is 3.57. The van der Waals surface area contributed by atoms with E-state index < -0.39 is 6.04 Å². The van der Waals surface area contributed by atoms with Crippen LogP contribution in [0.15, 0.2) is 85.1 Å². The average Bonchev–Trinajstić information content (AvgIpc) is 3.19. The summed E-state index contributed by atoms with van der Waals surface area (Å²) in [4.78, 5) is 18.8. The fourth-order valence-corrected chi connectivity index (χ4v) is 3.57. The number of ketones is 1. The molecule has 0 spiro atoms. The molecule has 4 heteroatoms. The number of H-pyrrole nitrogens is 1. The highest BCUT2D eigenvalue weighted by Gasteiger charge is 2.23. The molecule has 29 heavy (non-hydrogen) atoms. The smallest absolute Gasteiger partial charge is 0.186 e. The average molecular weight is 383 g/mol. The zero-order valence-electron chi connectivity index (χ0n) is 16.7. The maximum absolute atomic E-state index is 13.5. The zero-order valence-corrected chi connectivity index (χ0v) is 16.7. The Bertz CT molecular complexity index is 1100. The van der Waals surface area contributed by atoms with Crippen LogP contribution in [-0.4, -0.2) is 24.9 Å². The van der Waals surface area contributed by atoms with Crippen LogP contribution in [0.25, 0.3) is 10.9 Å². The van der Waals surface area contributed by atoms with Crippen molar-refractivity contribution in [3.8, 4) is 0 Å². The summed E-state index contributed by atoms with van der Waals surface area (Å²) < 4.78 is 0. The maximum Gasteiger partial charge on any atom is 0.186 e. The molecule has 0 radical (unpaired) electrons. The van der Waals surface area contributed by atoms with Crippen molar-refractivity contribution in [3.05, 3.63) is 102 Å². The highest BCUT2D eigenvalue weighted by Crippen LogP contribution is 2.25. The molecule has 0 aliphatic carbocycles. The van der Waals surface area contributed by atoms with Gasteiger partial charge in [0.25, 0.3) is 0 Å². The van der Waals surface area contributed by atoms with E-state index in [0.717, 1.165) is 27.7 Å². The van der Waals surface area contributed by atoms with Crippen LogP contribution in [0.2, 0.25) is 0 Å². The minimum atomic E-state index is -0.413. The largest absolute Gasteiger partial charge is 0.378 e. The number of Topliss-reactive ketones (excluding diaryl/α,β-unsaturated/α-hetero) is 1. The lowest BCUT2D eigenvalue weighted by Gasteiger charge is -2.19. The number of nitrogens with one attached hydrogen (secondary N) is 2. The molecule has 0 saturated heterocycles. The van der Waals surface area contributed by atoms with E-state index in [1.807, 2.05) is 74.9 Å². The van der Waals surface area contributed by atoms with Crippen LogP contribution < -0.4 is 10.2 Å². The van der Waals surface area contributed by atoms with E-state index >= 15 is 0 Å². The number of hydrogen-bond acceptors (Lipinski definition) is 3. The van der Waals surface area contributed by atoms with Gasteiger partial charge in [-0.25, -0.2) is 0 Å². The summed E-state index contributed by atoms with van der Waals surface area (Å²) in [6.45, 7) is 0.612. The highest BCUT2D eigenvalue weighted by molar-refractivity contribution is 6.10. The number of anilines is 1. The molecule has 0 amide bonds. The van der Waals surface area contributed by atoms with Gasteiger partial charge in [0.05, 0.1) is 6.04 Å². The second kappa shape index (κ2) is 8.33. The lowest BCUT2D eigenvalue weighted by atomic mass is 9.96. The van der Waals surface area contributed by atoms with Crippen LogP contribution in [0.4, 0.5) is 5.69 Å². The van der Waals surface area contributed by atoms with Gasteiger partial charge in [0.1, 0.15) is 0 Å². The van der Waals surface area contributed by atoms with Crippen molar-refractivity contribution >= 4 is 22.4 Å². The molecule has 3 aromatic carbocycles. The molecule has 2 N–H and O–H groups in total. The normalized spacial score (nSPS) is 12.1. The van der Waals surface area contributed by atoms with Crippen LogP contribution in [0.5, 0.6) is 0 Å². The Balaban J connectivity index is 1.61. The summed E-state index contributed by atoms with van der Waals surface area (Å²) in [5, 5.41) is 4.43. The van der Waals surface area contributed by atoms with Crippen LogP contribution in [0.1, 0.15) is 27.5 Å². The van der Waals surface area contributed by atoms with E-state index in [4.69, 9.17) is 0 Å². The van der Waals surface area contributed by atoms with E-state index in [0.29, 0.717) is 12.1 Å². The maximum atomic E-state index is 13.5. The molecule has 1 atom stereocenters. The second-order valence-corrected chi connectivity index (χ2v) is 7.40. The number of hydrogen-bond donors (Lipinski definition) is 2. The number of aromatic amines is 1. The summed E-state index contributed by atoms with van der Waals surface area (Å²) in [5.74, 6) is 0.0681. The highest BCUT2D eigenvalue weighted by atomic mass is 16.1. The van der Waals surface area contributed by atoms with Gasteiger partial charge in [0.15, 0.2) is 5.78 Å². The molecule has 0 bridgehead atoms. The standard InChI is InChI=1S/C25H25N3O/c1-28(2)20-14-12-18(13-15-20)16-27-24(19-8-4-3-5-9-19)25(29)22-17-26-23-11-7-6-10-21(22)23/h3-15,17,24,26-27H,16H2,1-2H3/t24-/m0/s1. The number of aromatic nitrogens is 1. The Kier molecular flexibility index (Phi) is 5.45. The van der Waals surface area contributed by atoms with Gasteiger partial charge in [-0.3, -0.25) is 10.1 Å².